The maximum atomic E-state index is 11.1. The second-order valence-corrected chi connectivity index (χ2v) is 5.74. The van der Waals surface area contributed by atoms with Crippen LogP contribution in [0.25, 0.3) is 0 Å². The van der Waals surface area contributed by atoms with Crippen LogP contribution in [0.2, 0.25) is 5.02 Å². The molecule has 2 aromatic rings. The summed E-state index contributed by atoms with van der Waals surface area (Å²) < 4.78 is 11.3. The van der Waals surface area contributed by atoms with E-state index in [1.165, 1.54) is 0 Å². The quantitative estimate of drug-likeness (QED) is 0.644. The Labute approximate surface area is 145 Å². The minimum Gasteiger partial charge on any atom is -0.490 e. The molecule has 1 atom stereocenters. The predicted molar refractivity (Wildman–Crippen MR) is 92.9 cm³/mol. The highest BCUT2D eigenvalue weighted by atomic mass is 35.5. The number of aromatic amines is 2. The van der Waals surface area contributed by atoms with E-state index in [4.69, 9.17) is 21.1 Å². The molecular formula is C16H23ClN4O3. The molecule has 132 valence electrons. The first-order chi connectivity index (χ1) is 11.5. The minimum absolute atomic E-state index is 0.133. The van der Waals surface area contributed by atoms with Crippen LogP contribution >= 0.6 is 11.6 Å². The number of hydrogen-bond donors (Lipinski definition) is 3. The molecule has 1 heterocycles. The van der Waals surface area contributed by atoms with Gasteiger partial charge in [-0.15, -0.1) is 0 Å². The highest BCUT2D eigenvalue weighted by Crippen LogP contribution is 2.34. The van der Waals surface area contributed by atoms with Gasteiger partial charge in [0.1, 0.15) is 5.82 Å². The van der Waals surface area contributed by atoms with Crippen molar-refractivity contribution in [2.45, 2.75) is 39.8 Å². The molecule has 0 saturated heterocycles. The Morgan fingerprint density at radius 2 is 2.04 bits per heavy atom. The number of nitrogens with one attached hydrogen (secondary N) is 3. The summed E-state index contributed by atoms with van der Waals surface area (Å²) >= 11 is 6.36. The van der Waals surface area contributed by atoms with Crippen LogP contribution in [-0.2, 0) is 6.54 Å². The largest absolute Gasteiger partial charge is 0.490 e. The lowest BCUT2D eigenvalue weighted by molar-refractivity contribution is 0.276. The van der Waals surface area contributed by atoms with Crippen molar-refractivity contribution in [2.24, 2.45) is 0 Å². The Balaban J connectivity index is 2.11. The molecule has 0 unspecified atom stereocenters. The Kier molecular flexibility index (Phi) is 6.69. The molecule has 0 aliphatic carbocycles. The van der Waals surface area contributed by atoms with Crippen LogP contribution in [0.15, 0.2) is 16.9 Å². The van der Waals surface area contributed by atoms with Crippen molar-refractivity contribution >= 4 is 11.6 Å². The zero-order valence-corrected chi connectivity index (χ0v) is 14.9. The third kappa shape index (κ3) is 4.75. The Morgan fingerprint density at radius 1 is 1.29 bits per heavy atom. The highest BCUT2D eigenvalue weighted by molar-refractivity contribution is 6.31. The summed E-state index contributed by atoms with van der Waals surface area (Å²) in [6, 6.07) is 3.52. The van der Waals surface area contributed by atoms with E-state index in [0.717, 1.165) is 12.0 Å². The lowest BCUT2D eigenvalue weighted by atomic mass is 10.1. The molecule has 0 aliphatic rings. The van der Waals surface area contributed by atoms with Crippen LogP contribution in [0.4, 0.5) is 0 Å². The van der Waals surface area contributed by atoms with Gasteiger partial charge >= 0.3 is 5.69 Å². The number of halogens is 1. The number of aromatic nitrogens is 3. The van der Waals surface area contributed by atoms with Gasteiger partial charge in [0.15, 0.2) is 11.5 Å². The average molecular weight is 355 g/mol. The summed E-state index contributed by atoms with van der Waals surface area (Å²) in [5.74, 6) is 1.87. The van der Waals surface area contributed by atoms with Gasteiger partial charge in [-0.05, 0) is 31.9 Å². The van der Waals surface area contributed by atoms with E-state index >= 15 is 0 Å². The van der Waals surface area contributed by atoms with Crippen LogP contribution in [0.3, 0.4) is 0 Å². The molecule has 0 aliphatic heterocycles. The van der Waals surface area contributed by atoms with E-state index in [9.17, 15) is 4.79 Å². The summed E-state index contributed by atoms with van der Waals surface area (Å²) in [6.07, 6.45) is 0.909. The van der Waals surface area contributed by atoms with Crippen molar-refractivity contribution in [3.05, 3.63) is 39.0 Å². The predicted octanol–water partition coefficient (Wildman–Crippen LogP) is 2.79. The number of benzene rings is 1. The number of hydrogen-bond acceptors (Lipinski definition) is 5. The molecule has 0 spiro atoms. The van der Waals surface area contributed by atoms with Gasteiger partial charge in [-0.3, -0.25) is 4.98 Å². The first-order valence-electron chi connectivity index (χ1n) is 8.01. The SMILES string of the molecule is CCCOc1cc(Cl)c(CN[C@H](C)c2n[nH]c(=O)[nH]2)cc1OCC. The van der Waals surface area contributed by atoms with Crippen LogP contribution in [-0.4, -0.2) is 28.4 Å². The van der Waals surface area contributed by atoms with Crippen molar-refractivity contribution in [2.75, 3.05) is 13.2 Å². The molecule has 1 aromatic carbocycles. The second-order valence-electron chi connectivity index (χ2n) is 5.34. The number of H-pyrrole nitrogens is 2. The Morgan fingerprint density at radius 3 is 2.67 bits per heavy atom. The molecule has 7 nitrogen and oxygen atoms in total. The van der Waals surface area contributed by atoms with Crippen molar-refractivity contribution < 1.29 is 9.47 Å². The lowest BCUT2D eigenvalue weighted by Gasteiger charge is -2.16. The van der Waals surface area contributed by atoms with Crippen LogP contribution < -0.4 is 20.5 Å². The van der Waals surface area contributed by atoms with Gasteiger partial charge < -0.3 is 14.8 Å². The van der Waals surface area contributed by atoms with Gasteiger partial charge in [0.25, 0.3) is 0 Å². The maximum absolute atomic E-state index is 11.1. The van der Waals surface area contributed by atoms with E-state index in [0.29, 0.717) is 42.1 Å². The summed E-state index contributed by atoms with van der Waals surface area (Å²) in [6.45, 7) is 7.53. The van der Waals surface area contributed by atoms with E-state index in [1.54, 1.807) is 6.07 Å². The molecule has 0 radical (unpaired) electrons. The van der Waals surface area contributed by atoms with E-state index in [-0.39, 0.29) is 11.7 Å². The van der Waals surface area contributed by atoms with Gasteiger partial charge in [-0.25, -0.2) is 9.89 Å². The zero-order valence-electron chi connectivity index (χ0n) is 14.1. The van der Waals surface area contributed by atoms with Crippen molar-refractivity contribution in [1.82, 2.24) is 20.5 Å². The molecule has 24 heavy (non-hydrogen) atoms. The molecule has 0 bridgehead atoms. The fraction of sp³-hybridized carbons (Fsp3) is 0.500. The first-order valence-corrected chi connectivity index (χ1v) is 8.38. The lowest BCUT2D eigenvalue weighted by Crippen LogP contribution is -2.20. The third-order valence-electron chi connectivity index (χ3n) is 3.40. The number of nitrogens with zero attached hydrogens (tertiary/aromatic N) is 1. The van der Waals surface area contributed by atoms with Crippen LogP contribution in [0, 0.1) is 0 Å². The number of ether oxygens (including phenoxy) is 2. The molecule has 0 saturated carbocycles. The fourth-order valence-corrected chi connectivity index (χ4v) is 2.37. The van der Waals surface area contributed by atoms with E-state index in [1.807, 2.05) is 26.8 Å². The van der Waals surface area contributed by atoms with Crippen LogP contribution in [0.5, 0.6) is 11.5 Å². The van der Waals surface area contributed by atoms with Crippen molar-refractivity contribution in [1.29, 1.82) is 0 Å². The van der Waals surface area contributed by atoms with Gasteiger partial charge in [-0.2, -0.15) is 5.10 Å². The molecule has 0 fully saturated rings. The van der Waals surface area contributed by atoms with E-state index < -0.39 is 0 Å². The minimum atomic E-state index is -0.326. The Hall–Kier alpha value is -1.99. The third-order valence-corrected chi connectivity index (χ3v) is 3.75. The maximum Gasteiger partial charge on any atom is 0.340 e. The monoisotopic (exact) mass is 354 g/mol. The fourth-order valence-electron chi connectivity index (χ4n) is 2.15. The van der Waals surface area contributed by atoms with Gasteiger partial charge in [0.2, 0.25) is 0 Å². The van der Waals surface area contributed by atoms with Gasteiger partial charge in [0.05, 0.1) is 19.3 Å². The summed E-state index contributed by atoms with van der Waals surface area (Å²) in [4.78, 5) is 13.7. The smallest absolute Gasteiger partial charge is 0.340 e. The van der Waals surface area contributed by atoms with Gasteiger partial charge in [-0.1, -0.05) is 18.5 Å². The molecule has 0 amide bonds. The summed E-state index contributed by atoms with van der Waals surface area (Å²) in [7, 11) is 0. The summed E-state index contributed by atoms with van der Waals surface area (Å²) in [5, 5.41) is 10.1. The highest BCUT2D eigenvalue weighted by Gasteiger charge is 2.14. The summed E-state index contributed by atoms with van der Waals surface area (Å²) in [5.41, 5.74) is 0.557. The van der Waals surface area contributed by atoms with Crippen molar-refractivity contribution in [3.8, 4) is 11.5 Å². The normalized spacial score (nSPS) is 12.2. The topological polar surface area (TPSA) is 92.0 Å². The zero-order chi connectivity index (χ0) is 17.5. The average Bonchev–Trinajstić information content (AvgIpc) is 3.00. The Bertz CT molecular complexity index is 714. The molecule has 3 N–H and O–H groups in total. The van der Waals surface area contributed by atoms with Crippen LogP contribution in [0.1, 0.15) is 44.6 Å². The van der Waals surface area contributed by atoms with E-state index in [2.05, 4.69) is 20.5 Å². The standard InChI is InChI=1S/C16H23ClN4O3/c1-4-6-24-14-8-12(17)11(7-13(14)23-5-2)9-18-10(3)15-19-16(22)21-20-15/h7-8,10,18H,4-6,9H2,1-3H3,(H2,19,20,21,22)/t10-/m1/s1. The van der Waals surface area contributed by atoms with Gasteiger partial charge in [0, 0.05) is 17.6 Å². The first kappa shape index (κ1) is 18.4. The molecule has 1 aromatic heterocycles. The molecule has 8 heteroatoms. The molecular weight excluding hydrogens is 332 g/mol. The second kappa shape index (κ2) is 8.75. The molecule has 2 rings (SSSR count). The number of rotatable bonds is 9. The van der Waals surface area contributed by atoms with Crippen molar-refractivity contribution in [3.63, 3.8) is 0 Å².